The quantitative estimate of drug-likeness (QED) is 0.488. The summed E-state index contributed by atoms with van der Waals surface area (Å²) in [7, 11) is 1.80. The molecule has 0 aromatic carbocycles. The maximum absolute atomic E-state index is 11.4. The first kappa shape index (κ1) is 14.7. The third kappa shape index (κ3) is 4.90. The molecular weight excluding hydrogens is 228 g/mol. The molecule has 0 N–H and O–H groups in total. The Morgan fingerprint density at radius 1 is 1.39 bits per heavy atom. The minimum atomic E-state index is -0.0161. The van der Waals surface area contributed by atoms with Crippen molar-refractivity contribution in [2.75, 3.05) is 26.7 Å². The van der Waals surface area contributed by atoms with E-state index >= 15 is 0 Å². The lowest BCUT2D eigenvalue weighted by atomic mass is 10.2. The molecule has 1 aliphatic heterocycles. The fraction of sp³-hybridized carbons (Fsp3) is 0.714. The van der Waals surface area contributed by atoms with Crippen molar-refractivity contribution in [3.8, 4) is 0 Å². The molecule has 1 fully saturated rings. The molecule has 0 aromatic rings. The second-order valence-corrected chi connectivity index (χ2v) is 4.86. The predicted molar refractivity (Wildman–Crippen MR) is 72.1 cm³/mol. The number of nitrogens with zero attached hydrogens (tertiary/aromatic N) is 2. The van der Waals surface area contributed by atoms with E-state index in [4.69, 9.17) is 0 Å². The number of rotatable bonds is 8. The van der Waals surface area contributed by atoms with Crippen LogP contribution in [-0.4, -0.2) is 48.3 Å². The summed E-state index contributed by atoms with van der Waals surface area (Å²) in [4.78, 5) is 26.2. The molecule has 0 aromatic heterocycles. The van der Waals surface area contributed by atoms with Crippen LogP contribution in [0.1, 0.15) is 38.5 Å². The van der Waals surface area contributed by atoms with E-state index in [-0.39, 0.29) is 5.91 Å². The first-order chi connectivity index (χ1) is 8.65. The Morgan fingerprint density at radius 2 is 2.11 bits per heavy atom. The molecule has 1 aliphatic rings. The third-order valence-corrected chi connectivity index (χ3v) is 3.39. The van der Waals surface area contributed by atoms with Gasteiger partial charge in [0.2, 0.25) is 11.8 Å². The zero-order valence-electron chi connectivity index (χ0n) is 11.4. The monoisotopic (exact) mass is 252 g/mol. The van der Waals surface area contributed by atoms with Gasteiger partial charge in [-0.1, -0.05) is 19.4 Å². The van der Waals surface area contributed by atoms with Crippen molar-refractivity contribution in [2.45, 2.75) is 38.5 Å². The second-order valence-electron chi connectivity index (χ2n) is 4.86. The van der Waals surface area contributed by atoms with Crippen molar-refractivity contribution in [2.24, 2.45) is 0 Å². The van der Waals surface area contributed by atoms with E-state index in [0.29, 0.717) is 5.91 Å². The lowest BCUT2D eigenvalue weighted by Crippen LogP contribution is -2.26. The number of carbonyl (C=O) groups is 2. The van der Waals surface area contributed by atoms with Crippen LogP contribution >= 0.6 is 0 Å². The molecule has 0 spiro atoms. The lowest BCUT2D eigenvalue weighted by molar-refractivity contribution is -0.128. The molecule has 0 atom stereocenters. The van der Waals surface area contributed by atoms with Gasteiger partial charge in [0.05, 0.1) is 0 Å². The molecule has 18 heavy (non-hydrogen) atoms. The van der Waals surface area contributed by atoms with Crippen molar-refractivity contribution in [3.05, 3.63) is 12.7 Å². The number of likely N-dealkylation sites (tertiary alicyclic amines) is 1. The highest BCUT2D eigenvalue weighted by Gasteiger charge is 2.18. The molecule has 2 amide bonds. The molecule has 1 heterocycles. The minimum absolute atomic E-state index is 0.0161. The second kappa shape index (κ2) is 7.90. The van der Waals surface area contributed by atoms with Crippen molar-refractivity contribution in [3.63, 3.8) is 0 Å². The summed E-state index contributed by atoms with van der Waals surface area (Å²) in [6.07, 6.45) is 7.42. The highest BCUT2D eigenvalue weighted by atomic mass is 16.2. The summed E-state index contributed by atoms with van der Waals surface area (Å²) in [5.74, 6) is 0.295. The molecule has 0 bridgehead atoms. The normalized spacial score (nSPS) is 14.9. The molecule has 0 saturated carbocycles. The van der Waals surface area contributed by atoms with Crippen LogP contribution in [0.15, 0.2) is 12.7 Å². The van der Waals surface area contributed by atoms with Crippen LogP contribution in [0.25, 0.3) is 0 Å². The van der Waals surface area contributed by atoms with Gasteiger partial charge in [-0.3, -0.25) is 9.59 Å². The van der Waals surface area contributed by atoms with Crippen molar-refractivity contribution in [1.29, 1.82) is 0 Å². The maximum atomic E-state index is 11.4. The fourth-order valence-electron chi connectivity index (χ4n) is 2.21. The van der Waals surface area contributed by atoms with Gasteiger partial charge in [0.25, 0.3) is 0 Å². The minimum Gasteiger partial charge on any atom is -0.343 e. The first-order valence-corrected chi connectivity index (χ1v) is 6.80. The Labute approximate surface area is 110 Å². The van der Waals surface area contributed by atoms with E-state index < -0.39 is 0 Å². The van der Waals surface area contributed by atoms with Crippen LogP contribution in [0.2, 0.25) is 0 Å². The average molecular weight is 252 g/mol. The van der Waals surface area contributed by atoms with Gasteiger partial charge in [-0.2, -0.15) is 0 Å². The number of hydrogen-bond acceptors (Lipinski definition) is 2. The molecule has 0 radical (unpaired) electrons. The van der Waals surface area contributed by atoms with Gasteiger partial charge in [0.15, 0.2) is 0 Å². The Morgan fingerprint density at radius 3 is 2.72 bits per heavy atom. The molecule has 4 heteroatoms. The first-order valence-electron chi connectivity index (χ1n) is 6.80. The average Bonchev–Trinajstić information content (AvgIpc) is 2.78. The smallest absolute Gasteiger partial charge is 0.245 e. The van der Waals surface area contributed by atoms with Gasteiger partial charge in [-0.25, -0.2) is 0 Å². The molecule has 1 rings (SSSR count). The van der Waals surface area contributed by atoms with Gasteiger partial charge in [0.1, 0.15) is 0 Å². The van der Waals surface area contributed by atoms with Crippen LogP contribution in [-0.2, 0) is 9.59 Å². The molecule has 0 unspecified atom stereocenters. The molecule has 0 aliphatic carbocycles. The van der Waals surface area contributed by atoms with Gasteiger partial charge >= 0.3 is 0 Å². The molecule has 1 saturated heterocycles. The number of hydrogen-bond donors (Lipinski definition) is 0. The summed E-state index contributed by atoms with van der Waals surface area (Å²) in [6, 6.07) is 0. The summed E-state index contributed by atoms with van der Waals surface area (Å²) in [5.41, 5.74) is 0. The summed E-state index contributed by atoms with van der Waals surface area (Å²) >= 11 is 0. The van der Waals surface area contributed by atoms with Crippen molar-refractivity contribution < 1.29 is 9.59 Å². The SMILES string of the molecule is C=CC(=O)N(C)CCCCCCN1CCCC1=O. The zero-order chi connectivity index (χ0) is 13.4. The number of amides is 2. The van der Waals surface area contributed by atoms with E-state index in [0.717, 1.165) is 58.2 Å². The molecular formula is C14H24N2O2. The highest BCUT2D eigenvalue weighted by Crippen LogP contribution is 2.11. The number of carbonyl (C=O) groups excluding carboxylic acids is 2. The van der Waals surface area contributed by atoms with Crippen LogP contribution in [0.4, 0.5) is 0 Å². The van der Waals surface area contributed by atoms with Crippen molar-refractivity contribution in [1.82, 2.24) is 9.80 Å². The Balaban J connectivity index is 1.97. The topological polar surface area (TPSA) is 40.6 Å². The largest absolute Gasteiger partial charge is 0.343 e. The van der Waals surface area contributed by atoms with Gasteiger partial charge in [0, 0.05) is 33.1 Å². The summed E-state index contributed by atoms with van der Waals surface area (Å²) in [6.45, 7) is 6.09. The van der Waals surface area contributed by atoms with Gasteiger partial charge < -0.3 is 9.80 Å². The number of likely N-dealkylation sites (N-methyl/N-ethyl adjacent to an activating group) is 1. The Hall–Kier alpha value is -1.32. The zero-order valence-corrected chi connectivity index (χ0v) is 11.4. The fourth-order valence-corrected chi connectivity index (χ4v) is 2.21. The van der Waals surface area contributed by atoms with Crippen LogP contribution < -0.4 is 0 Å². The van der Waals surface area contributed by atoms with E-state index in [1.54, 1.807) is 11.9 Å². The third-order valence-electron chi connectivity index (χ3n) is 3.39. The lowest BCUT2D eigenvalue weighted by Gasteiger charge is -2.16. The predicted octanol–water partition coefficient (Wildman–Crippen LogP) is 1.81. The van der Waals surface area contributed by atoms with E-state index in [1.165, 1.54) is 6.08 Å². The van der Waals surface area contributed by atoms with E-state index in [9.17, 15) is 9.59 Å². The molecule has 4 nitrogen and oxygen atoms in total. The van der Waals surface area contributed by atoms with Crippen LogP contribution in [0.5, 0.6) is 0 Å². The standard InChI is InChI=1S/C14H24N2O2/c1-3-13(17)15(2)10-6-4-5-7-11-16-12-8-9-14(16)18/h3H,1,4-12H2,2H3. The van der Waals surface area contributed by atoms with Gasteiger partial charge in [-0.05, 0) is 25.3 Å². The Kier molecular flexibility index (Phi) is 6.47. The van der Waals surface area contributed by atoms with Crippen molar-refractivity contribution >= 4 is 11.8 Å². The summed E-state index contributed by atoms with van der Waals surface area (Å²) < 4.78 is 0. The highest BCUT2D eigenvalue weighted by molar-refractivity contribution is 5.86. The number of unbranched alkanes of at least 4 members (excludes halogenated alkanes) is 3. The Bertz CT molecular complexity index is 302. The summed E-state index contributed by atoms with van der Waals surface area (Å²) in [5, 5.41) is 0. The maximum Gasteiger partial charge on any atom is 0.245 e. The molecule has 102 valence electrons. The van der Waals surface area contributed by atoms with E-state index in [1.807, 2.05) is 4.90 Å². The van der Waals surface area contributed by atoms with Gasteiger partial charge in [-0.15, -0.1) is 0 Å². The van der Waals surface area contributed by atoms with E-state index in [2.05, 4.69) is 6.58 Å². The van der Waals surface area contributed by atoms with Crippen LogP contribution in [0.3, 0.4) is 0 Å². The van der Waals surface area contributed by atoms with Crippen LogP contribution in [0, 0.1) is 0 Å².